The Balaban J connectivity index is 2.58. The lowest BCUT2D eigenvalue weighted by Gasteiger charge is -1.95. The number of rotatable bonds is 3. The van der Waals surface area contributed by atoms with Crippen molar-refractivity contribution in [2.24, 2.45) is 9.57 Å². The fourth-order valence-electron chi connectivity index (χ4n) is 0.771. The summed E-state index contributed by atoms with van der Waals surface area (Å²) in [6.45, 7) is 0. The van der Waals surface area contributed by atoms with Gasteiger partial charge in [-0.1, -0.05) is 18.2 Å². The van der Waals surface area contributed by atoms with E-state index in [1.54, 1.807) is 30.3 Å². The van der Waals surface area contributed by atoms with Crippen LogP contribution in [0.15, 0.2) is 39.9 Å². The molecule has 1 aromatic carbocycles. The van der Waals surface area contributed by atoms with Gasteiger partial charge in [-0.05, 0) is 16.6 Å². The Morgan fingerprint density at radius 2 is 1.93 bits per heavy atom. The smallest absolute Gasteiger partial charge is 0.344 e. The van der Waals surface area contributed by atoms with Gasteiger partial charge < -0.3 is 4.74 Å². The molecule has 0 amide bonds. The van der Waals surface area contributed by atoms with E-state index in [-0.39, 0.29) is 0 Å². The predicted octanol–water partition coefficient (Wildman–Crippen LogP) is 0.849. The van der Waals surface area contributed by atoms with Crippen LogP contribution in [0.3, 0.4) is 0 Å². The normalized spacial score (nSPS) is 9.87. The van der Waals surface area contributed by atoms with E-state index in [4.69, 9.17) is 0 Å². The molecule has 0 fully saturated rings. The van der Waals surface area contributed by atoms with Gasteiger partial charge in [0.1, 0.15) is 0 Å². The van der Waals surface area contributed by atoms with E-state index in [9.17, 15) is 13.2 Å². The first-order valence-corrected chi connectivity index (χ1v) is 4.81. The number of carbonyl (C=O) groups is 1. The van der Waals surface area contributed by atoms with Gasteiger partial charge in [-0.15, -0.1) is 5.10 Å². The highest BCUT2D eigenvalue weighted by Crippen LogP contribution is 1.99. The summed E-state index contributed by atoms with van der Waals surface area (Å²) >= 11 is 0. The van der Waals surface area contributed by atoms with Gasteiger partial charge in [-0.3, -0.25) is 0 Å². The summed E-state index contributed by atoms with van der Waals surface area (Å²) < 4.78 is 27.0. The fraction of sp³-hybridized carbons (Fsp3) is 0. The summed E-state index contributed by atoms with van der Waals surface area (Å²) in [5.41, 5.74) is 0.340. The molecule has 0 spiro atoms. The summed E-state index contributed by atoms with van der Waals surface area (Å²) in [4.78, 5) is 11.2. The highest BCUT2D eigenvalue weighted by molar-refractivity contribution is 7.61. The molecule has 78 valence electrons. The van der Waals surface area contributed by atoms with E-state index in [1.807, 2.05) is 0 Å². The summed E-state index contributed by atoms with van der Waals surface area (Å²) in [5, 5.41) is 2.98. The highest BCUT2D eigenvalue weighted by Gasteiger charge is 2.03. The third-order valence-electron chi connectivity index (χ3n) is 1.33. The lowest BCUT2D eigenvalue weighted by atomic mass is 10.2. The molecular formula is C8H6N2O4S. The molecule has 0 aromatic heterocycles. The second-order valence-electron chi connectivity index (χ2n) is 2.29. The molecule has 6 nitrogen and oxygen atoms in total. The molecule has 0 heterocycles. The van der Waals surface area contributed by atoms with Crippen LogP contribution in [-0.4, -0.2) is 20.8 Å². The van der Waals surface area contributed by atoms with Gasteiger partial charge in [-0.25, -0.2) is 4.79 Å². The quantitative estimate of drug-likeness (QED) is 0.331. The van der Waals surface area contributed by atoms with Gasteiger partial charge >= 0.3 is 16.5 Å². The van der Waals surface area contributed by atoms with Crippen LogP contribution in [0, 0.1) is 0 Å². The monoisotopic (exact) mass is 226 g/mol. The highest BCUT2D eigenvalue weighted by atomic mass is 32.2. The van der Waals surface area contributed by atoms with Crippen LogP contribution in [-0.2, 0) is 15.2 Å². The number of esters is 1. The van der Waals surface area contributed by atoms with Crippen molar-refractivity contribution in [3.63, 3.8) is 0 Å². The Labute approximate surface area is 86.9 Å². The van der Waals surface area contributed by atoms with Crippen LogP contribution in [0.1, 0.15) is 10.4 Å². The second-order valence-corrected chi connectivity index (χ2v) is 2.89. The average molecular weight is 226 g/mol. The van der Waals surface area contributed by atoms with Crippen LogP contribution in [0.4, 0.5) is 0 Å². The number of carbonyl (C=O) groups excluding carboxylic acids is 1. The van der Waals surface area contributed by atoms with E-state index in [0.717, 1.165) is 0 Å². The first-order valence-electron chi connectivity index (χ1n) is 3.78. The molecule has 0 bridgehead atoms. The van der Waals surface area contributed by atoms with Gasteiger partial charge in [0.05, 0.1) is 5.56 Å². The molecule has 0 N–H and O–H groups in total. The molecule has 0 atom stereocenters. The molecule has 0 aliphatic rings. The Morgan fingerprint density at radius 3 is 2.53 bits per heavy atom. The molecule has 0 saturated heterocycles. The van der Waals surface area contributed by atoms with Crippen molar-refractivity contribution in [1.82, 2.24) is 0 Å². The van der Waals surface area contributed by atoms with Crippen molar-refractivity contribution in [3.8, 4) is 0 Å². The zero-order chi connectivity index (χ0) is 11.1. The molecule has 0 aliphatic carbocycles. The molecular weight excluding hydrogens is 220 g/mol. The lowest BCUT2D eigenvalue weighted by molar-refractivity contribution is 0.0727. The summed E-state index contributed by atoms with van der Waals surface area (Å²) in [5.74, 6) is -0.633. The summed E-state index contributed by atoms with van der Waals surface area (Å²) in [6, 6.07) is 8.20. The number of ether oxygens (including phenoxy) is 1. The van der Waals surface area contributed by atoms with Crippen LogP contribution < -0.4 is 0 Å². The van der Waals surface area contributed by atoms with E-state index in [0.29, 0.717) is 12.0 Å². The minimum atomic E-state index is -2.64. The minimum absolute atomic E-state index is 0.340. The van der Waals surface area contributed by atoms with Gasteiger partial charge in [0.2, 0.25) is 6.40 Å². The van der Waals surface area contributed by atoms with Gasteiger partial charge in [0.25, 0.3) is 0 Å². The van der Waals surface area contributed by atoms with E-state index in [2.05, 4.69) is 14.3 Å². The fourth-order valence-corrected chi connectivity index (χ4v) is 0.887. The van der Waals surface area contributed by atoms with Gasteiger partial charge in [0.15, 0.2) is 0 Å². The maximum Gasteiger partial charge on any atom is 0.344 e. The molecule has 0 aliphatic heterocycles. The maximum atomic E-state index is 11.2. The maximum absolute atomic E-state index is 11.2. The van der Waals surface area contributed by atoms with Gasteiger partial charge in [0, 0.05) is 0 Å². The largest absolute Gasteiger partial charge is 0.409 e. The number of benzene rings is 1. The first-order chi connectivity index (χ1) is 7.20. The number of hydrogen-bond donors (Lipinski definition) is 0. The molecule has 0 radical (unpaired) electrons. The Kier molecular flexibility index (Phi) is 4.17. The molecule has 1 aromatic rings. The molecule has 1 rings (SSSR count). The topological polar surface area (TPSA) is 85.2 Å². The van der Waals surface area contributed by atoms with Gasteiger partial charge in [-0.2, -0.15) is 8.42 Å². The van der Waals surface area contributed by atoms with E-state index >= 15 is 0 Å². The summed E-state index contributed by atoms with van der Waals surface area (Å²) in [7, 11) is -2.64. The zero-order valence-corrected chi connectivity index (χ0v) is 8.22. The SMILES string of the molecule is O=C(OC=NN=S(=O)=O)c1ccccc1. The van der Waals surface area contributed by atoms with Crippen LogP contribution in [0.25, 0.3) is 0 Å². The predicted molar refractivity (Wildman–Crippen MR) is 51.7 cm³/mol. The van der Waals surface area contributed by atoms with Crippen molar-refractivity contribution < 1.29 is 17.9 Å². The van der Waals surface area contributed by atoms with E-state index in [1.165, 1.54) is 0 Å². The molecule has 15 heavy (non-hydrogen) atoms. The summed E-state index contributed by atoms with van der Waals surface area (Å²) in [6.07, 6.45) is 0.658. The van der Waals surface area contributed by atoms with Crippen molar-refractivity contribution in [1.29, 1.82) is 0 Å². The molecule has 0 saturated carbocycles. The van der Waals surface area contributed by atoms with Crippen molar-refractivity contribution in [2.45, 2.75) is 0 Å². The number of nitrogens with zero attached hydrogens (tertiary/aromatic N) is 2. The Morgan fingerprint density at radius 1 is 1.27 bits per heavy atom. The van der Waals surface area contributed by atoms with Crippen LogP contribution in [0.2, 0.25) is 0 Å². The Hall–Kier alpha value is -2.02. The minimum Gasteiger partial charge on any atom is -0.409 e. The second kappa shape index (κ2) is 5.66. The number of hydrogen-bond acceptors (Lipinski definition) is 5. The first kappa shape index (κ1) is 11.1. The van der Waals surface area contributed by atoms with E-state index < -0.39 is 16.5 Å². The molecule has 7 heteroatoms. The van der Waals surface area contributed by atoms with Crippen molar-refractivity contribution in [2.75, 3.05) is 0 Å². The van der Waals surface area contributed by atoms with Crippen LogP contribution in [0.5, 0.6) is 0 Å². The standard InChI is InChI=1S/C8H6N2O4S/c11-8(7-4-2-1-3-5-7)14-6-9-10-15(12)13/h1-6H. The van der Waals surface area contributed by atoms with Crippen LogP contribution >= 0.6 is 0 Å². The third kappa shape index (κ3) is 4.14. The average Bonchev–Trinajstić information content (AvgIpc) is 2.25. The lowest BCUT2D eigenvalue weighted by Crippen LogP contribution is -2.02. The molecule has 0 unspecified atom stereocenters. The third-order valence-corrected chi connectivity index (χ3v) is 1.56. The zero-order valence-electron chi connectivity index (χ0n) is 7.40. The van der Waals surface area contributed by atoms with Crippen molar-refractivity contribution in [3.05, 3.63) is 35.9 Å². The van der Waals surface area contributed by atoms with Crippen molar-refractivity contribution >= 4 is 22.9 Å². The Bertz CT molecular complexity index is 485.